The smallest absolute Gasteiger partial charge is 0.171 e. The maximum absolute atomic E-state index is 4.21. The number of aromatic amines is 1. The van der Waals surface area contributed by atoms with Crippen LogP contribution in [0.4, 0.5) is 5.82 Å². The first-order chi connectivity index (χ1) is 7.31. The molecule has 0 saturated heterocycles. The maximum atomic E-state index is 4.21. The molecule has 78 valence electrons. The molecule has 0 unspecified atom stereocenters. The lowest BCUT2D eigenvalue weighted by Gasteiger charge is -2.06. The van der Waals surface area contributed by atoms with Gasteiger partial charge in [0.1, 0.15) is 17.2 Å². The van der Waals surface area contributed by atoms with Gasteiger partial charge in [0.05, 0.1) is 0 Å². The molecule has 6 heteroatoms. The Bertz CT molecular complexity index is 440. The van der Waals surface area contributed by atoms with E-state index < -0.39 is 0 Å². The van der Waals surface area contributed by atoms with Gasteiger partial charge in [0.2, 0.25) is 0 Å². The number of nitrogens with zero attached hydrogens (tertiary/aromatic N) is 3. The standard InChI is InChI=1S/C9H11N5S/c1-6-7(10-2)13-5-14-8(6)15-9-11-3-4-12-9/h3-5H,1-2H3,(H,11,12)(H,10,13,14). The predicted molar refractivity (Wildman–Crippen MR) is 59.0 cm³/mol. The molecule has 0 aromatic carbocycles. The van der Waals surface area contributed by atoms with E-state index in [0.717, 1.165) is 21.6 Å². The summed E-state index contributed by atoms with van der Waals surface area (Å²) in [5.41, 5.74) is 1.03. The van der Waals surface area contributed by atoms with Crippen molar-refractivity contribution < 1.29 is 0 Å². The summed E-state index contributed by atoms with van der Waals surface area (Å²) in [6, 6.07) is 0. The molecule has 15 heavy (non-hydrogen) atoms. The molecule has 2 rings (SSSR count). The minimum atomic E-state index is 0.832. The SMILES string of the molecule is CNc1ncnc(Sc2ncc[nH]2)c1C. The van der Waals surface area contributed by atoms with E-state index in [1.54, 1.807) is 18.7 Å². The summed E-state index contributed by atoms with van der Waals surface area (Å²) >= 11 is 1.49. The van der Waals surface area contributed by atoms with E-state index in [2.05, 4.69) is 25.3 Å². The van der Waals surface area contributed by atoms with Crippen molar-refractivity contribution in [2.45, 2.75) is 17.1 Å². The van der Waals surface area contributed by atoms with Crippen LogP contribution in [0.25, 0.3) is 0 Å². The van der Waals surface area contributed by atoms with Crippen LogP contribution in [-0.2, 0) is 0 Å². The Kier molecular flexibility index (Phi) is 2.86. The van der Waals surface area contributed by atoms with Gasteiger partial charge in [-0.25, -0.2) is 15.0 Å². The van der Waals surface area contributed by atoms with Crippen LogP contribution in [0.3, 0.4) is 0 Å². The molecule has 0 aliphatic carbocycles. The highest BCUT2D eigenvalue weighted by molar-refractivity contribution is 7.99. The van der Waals surface area contributed by atoms with Crippen molar-refractivity contribution in [2.24, 2.45) is 0 Å². The van der Waals surface area contributed by atoms with Crippen molar-refractivity contribution in [1.82, 2.24) is 19.9 Å². The van der Waals surface area contributed by atoms with Gasteiger partial charge in [-0.15, -0.1) is 0 Å². The molecule has 0 radical (unpaired) electrons. The van der Waals surface area contributed by atoms with Crippen LogP contribution in [0, 0.1) is 6.92 Å². The topological polar surface area (TPSA) is 66.5 Å². The number of aromatic nitrogens is 4. The van der Waals surface area contributed by atoms with E-state index in [1.165, 1.54) is 11.8 Å². The quantitative estimate of drug-likeness (QED) is 0.772. The molecule has 0 bridgehead atoms. The number of H-pyrrole nitrogens is 1. The first kappa shape index (κ1) is 9.97. The highest BCUT2D eigenvalue weighted by Gasteiger charge is 2.08. The molecule has 2 aromatic rings. The van der Waals surface area contributed by atoms with Gasteiger partial charge in [-0.2, -0.15) is 0 Å². The first-order valence-electron chi connectivity index (χ1n) is 4.48. The summed E-state index contributed by atoms with van der Waals surface area (Å²) in [5, 5.41) is 4.76. The van der Waals surface area contributed by atoms with Gasteiger partial charge in [-0.1, -0.05) is 0 Å². The second-order valence-electron chi connectivity index (χ2n) is 2.90. The molecule has 2 heterocycles. The number of hydrogen-bond donors (Lipinski definition) is 2. The van der Waals surface area contributed by atoms with Crippen molar-refractivity contribution in [1.29, 1.82) is 0 Å². The van der Waals surface area contributed by atoms with E-state index in [0.29, 0.717) is 0 Å². The Hall–Kier alpha value is -1.56. The number of nitrogens with one attached hydrogen (secondary N) is 2. The molecule has 2 aromatic heterocycles. The second-order valence-corrected chi connectivity index (χ2v) is 3.88. The van der Waals surface area contributed by atoms with Gasteiger partial charge in [-0.3, -0.25) is 0 Å². The highest BCUT2D eigenvalue weighted by atomic mass is 32.2. The van der Waals surface area contributed by atoms with Gasteiger partial charge in [0.15, 0.2) is 5.16 Å². The average molecular weight is 221 g/mol. The van der Waals surface area contributed by atoms with Crippen LogP contribution in [0.1, 0.15) is 5.56 Å². The summed E-state index contributed by atoms with van der Waals surface area (Å²) in [6.45, 7) is 1.98. The molecule has 0 saturated carbocycles. The molecule has 0 fully saturated rings. The first-order valence-corrected chi connectivity index (χ1v) is 5.29. The lowest BCUT2D eigenvalue weighted by molar-refractivity contribution is 0.986. The Morgan fingerprint density at radius 1 is 1.33 bits per heavy atom. The van der Waals surface area contributed by atoms with E-state index >= 15 is 0 Å². The number of anilines is 1. The Morgan fingerprint density at radius 3 is 2.87 bits per heavy atom. The third kappa shape index (κ3) is 2.10. The normalized spacial score (nSPS) is 10.3. The molecule has 0 spiro atoms. The summed E-state index contributed by atoms with van der Waals surface area (Å²) in [6.07, 6.45) is 5.06. The van der Waals surface area contributed by atoms with Crippen LogP contribution >= 0.6 is 11.8 Å². The average Bonchev–Trinajstić information content (AvgIpc) is 2.74. The van der Waals surface area contributed by atoms with Crippen molar-refractivity contribution in [3.63, 3.8) is 0 Å². The number of rotatable bonds is 3. The van der Waals surface area contributed by atoms with Crippen molar-refractivity contribution in [3.05, 3.63) is 24.3 Å². The van der Waals surface area contributed by atoms with Crippen LogP contribution < -0.4 is 5.32 Å². The van der Waals surface area contributed by atoms with Gasteiger partial charge in [0, 0.05) is 25.0 Å². The van der Waals surface area contributed by atoms with Crippen LogP contribution in [0.5, 0.6) is 0 Å². The largest absolute Gasteiger partial charge is 0.373 e. The fourth-order valence-electron chi connectivity index (χ4n) is 1.19. The fraction of sp³-hybridized carbons (Fsp3) is 0.222. The fourth-order valence-corrected chi connectivity index (χ4v) is 1.96. The lowest BCUT2D eigenvalue weighted by Crippen LogP contribution is -1.98. The molecule has 0 aliphatic heterocycles. The molecule has 0 aliphatic rings. The second kappa shape index (κ2) is 4.31. The Balaban J connectivity index is 2.29. The van der Waals surface area contributed by atoms with Crippen molar-refractivity contribution >= 4 is 17.6 Å². The summed E-state index contributed by atoms with van der Waals surface area (Å²) in [5.74, 6) is 0.846. The zero-order chi connectivity index (χ0) is 10.7. The van der Waals surface area contributed by atoms with E-state index in [-0.39, 0.29) is 0 Å². The zero-order valence-electron chi connectivity index (χ0n) is 8.48. The molecular formula is C9H11N5S. The van der Waals surface area contributed by atoms with Gasteiger partial charge < -0.3 is 10.3 Å². The van der Waals surface area contributed by atoms with E-state index in [9.17, 15) is 0 Å². The summed E-state index contributed by atoms with van der Waals surface area (Å²) in [4.78, 5) is 15.5. The molecule has 0 amide bonds. The van der Waals surface area contributed by atoms with Crippen LogP contribution in [0.15, 0.2) is 28.9 Å². The summed E-state index contributed by atoms with van der Waals surface area (Å²) < 4.78 is 0. The highest BCUT2D eigenvalue weighted by Crippen LogP contribution is 2.27. The summed E-state index contributed by atoms with van der Waals surface area (Å²) in [7, 11) is 1.84. The maximum Gasteiger partial charge on any atom is 0.171 e. The third-order valence-electron chi connectivity index (χ3n) is 1.94. The minimum absolute atomic E-state index is 0.832. The van der Waals surface area contributed by atoms with E-state index in [1.807, 2.05) is 14.0 Å². The van der Waals surface area contributed by atoms with Gasteiger partial charge in [-0.05, 0) is 18.7 Å². The molecule has 2 N–H and O–H groups in total. The Labute approximate surface area is 91.8 Å². The van der Waals surface area contributed by atoms with Crippen LogP contribution in [-0.4, -0.2) is 27.0 Å². The Morgan fingerprint density at radius 2 is 2.20 bits per heavy atom. The van der Waals surface area contributed by atoms with Crippen molar-refractivity contribution in [2.75, 3.05) is 12.4 Å². The lowest BCUT2D eigenvalue weighted by atomic mass is 10.3. The minimum Gasteiger partial charge on any atom is -0.373 e. The molecular weight excluding hydrogens is 210 g/mol. The molecule has 0 atom stereocenters. The number of imidazole rings is 1. The monoisotopic (exact) mass is 221 g/mol. The molecule has 5 nitrogen and oxygen atoms in total. The van der Waals surface area contributed by atoms with Crippen molar-refractivity contribution in [3.8, 4) is 0 Å². The predicted octanol–water partition coefficient (Wildman–Crippen LogP) is 1.70. The zero-order valence-corrected chi connectivity index (χ0v) is 9.30. The number of hydrogen-bond acceptors (Lipinski definition) is 5. The van der Waals surface area contributed by atoms with E-state index in [4.69, 9.17) is 0 Å². The van der Waals surface area contributed by atoms with Crippen LogP contribution in [0.2, 0.25) is 0 Å². The van der Waals surface area contributed by atoms with Gasteiger partial charge >= 0.3 is 0 Å². The van der Waals surface area contributed by atoms with Gasteiger partial charge in [0.25, 0.3) is 0 Å². The third-order valence-corrected chi connectivity index (χ3v) is 2.96.